The fourth-order valence-electron chi connectivity index (χ4n) is 3.11. The van der Waals surface area contributed by atoms with Gasteiger partial charge >= 0.3 is 0 Å². The molecule has 1 fully saturated rings. The first-order valence-electron chi connectivity index (χ1n) is 7.87. The number of carbonyl (C=O) groups is 1. The van der Waals surface area contributed by atoms with E-state index in [1.807, 2.05) is 24.3 Å². The highest BCUT2D eigenvalue weighted by Gasteiger charge is 2.36. The minimum atomic E-state index is 0.0196. The minimum absolute atomic E-state index is 0.0196. The predicted octanol–water partition coefficient (Wildman–Crippen LogP) is 2.72. The fourth-order valence-corrected chi connectivity index (χ4v) is 3.11. The van der Waals surface area contributed by atoms with E-state index >= 15 is 0 Å². The number of amides is 1. The Hall–Kier alpha value is -1.55. The molecule has 1 aliphatic carbocycles. The summed E-state index contributed by atoms with van der Waals surface area (Å²) in [5.41, 5.74) is 1.91. The van der Waals surface area contributed by atoms with Crippen molar-refractivity contribution in [2.45, 2.75) is 38.1 Å². The number of carbonyl (C=O) groups excluding carboxylic acids is 1. The molecule has 0 aromatic heterocycles. The Balaban J connectivity index is 1.94. The van der Waals surface area contributed by atoms with Crippen LogP contribution in [0, 0.1) is 0 Å². The van der Waals surface area contributed by atoms with Gasteiger partial charge in [-0.25, -0.2) is 0 Å². The maximum atomic E-state index is 12.3. The predicted molar refractivity (Wildman–Crippen MR) is 87.8 cm³/mol. The van der Waals surface area contributed by atoms with Crippen LogP contribution in [0.15, 0.2) is 24.3 Å². The zero-order valence-corrected chi connectivity index (χ0v) is 13.4. The molecule has 116 valence electrons. The SMILES string of the molecule is CCNc1ccc(C(=O)NCC2(N(C)C)CCCC2)cc1. The van der Waals surface area contributed by atoms with Crippen LogP contribution >= 0.6 is 0 Å². The molecule has 1 aromatic carbocycles. The highest BCUT2D eigenvalue weighted by molar-refractivity contribution is 5.94. The highest BCUT2D eigenvalue weighted by atomic mass is 16.1. The van der Waals surface area contributed by atoms with Crippen LogP contribution in [0.25, 0.3) is 0 Å². The van der Waals surface area contributed by atoms with Gasteiger partial charge in [0.15, 0.2) is 0 Å². The minimum Gasteiger partial charge on any atom is -0.385 e. The van der Waals surface area contributed by atoms with E-state index in [0.717, 1.165) is 24.3 Å². The smallest absolute Gasteiger partial charge is 0.251 e. The molecule has 0 bridgehead atoms. The standard InChI is InChI=1S/C17H27N3O/c1-4-18-15-9-7-14(8-10-15)16(21)19-13-17(20(2)3)11-5-6-12-17/h7-10,18H,4-6,11-13H2,1-3H3,(H,19,21). The molecule has 0 radical (unpaired) electrons. The van der Waals surface area contributed by atoms with Gasteiger partial charge in [-0.1, -0.05) is 12.8 Å². The monoisotopic (exact) mass is 289 g/mol. The largest absolute Gasteiger partial charge is 0.385 e. The molecule has 0 spiro atoms. The highest BCUT2D eigenvalue weighted by Crippen LogP contribution is 2.33. The lowest BCUT2D eigenvalue weighted by atomic mass is 9.96. The number of nitrogens with zero attached hydrogens (tertiary/aromatic N) is 1. The van der Waals surface area contributed by atoms with Crippen LogP contribution in [0.4, 0.5) is 5.69 Å². The van der Waals surface area contributed by atoms with Crippen LogP contribution in [0.3, 0.4) is 0 Å². The van der Waals surface area contributed by atoms with Crippen molar-refractivity contribution in [3.05, 3.63) is 29.8 Å². The van der Waals surface area contributed by atoms with Gasteiger partial charge < -0.3 is 15.5 Å². The van der Waals surface area contributed by atoms with Crippen molar-refractivity contribution >= 4 is 11.6 Å². The van der Waals surface area contributed by atoms with Crippen molar-refractivity contribution < 1.29 is 4.79 Å². The average molecular weight is 289 g/mol. The van der Waals surface area contributed by atoms with Gasteiger partial charge in [0, 0.05) is 29.9 Å². The molecule has 1 saturated carbocycles. The van der Waals surface area contributed by atoms with Gasteiger partial charge in [0.2, 0.25) is 0 Å². The summed E-state index contributed by atoms with van der Waals surface area (Å²) in [6.07, 6.45) is 4.84. The molecule has 4 nitrogen and oxygen atoms in total. The number of likely N-dealkylation sites (N-methyl/N-ethyl adjacent to an activating group) is 1. The van der Waals surface area contributed by atoms with Crippen LogP contribution in [0.1, 0.15) is 43.0 Å². The molecule has 1 amide bonds. The molecule has 0 saturated heterocycles. The Bertz CT molecular complexity index is 461. The first kappa shape index (κ1) is 15.8. The van der Waals surface area contributed by atoms with E-state index < -0.39 is 0 Å². The number of hydrogen-bond acceptors (Lipinski definition) is 3. The zero-order valence-electron chi connectivity index (χ0n) is 13.4. The molecular formula is C17H27N3O. The quantitative estimate of drug-likeness (QED) is 0.846. The summed E-state index contributed by atoms with van der Waals surface area (Å²) in [6.45, 7) is 3.67. The zero-order chi connectivity index (χ0) is 15.3. The Morgan fingerprint density at radius 1 is 1.19 bits per heavy atom. The lowest BCUT2D eigenvalue weighted by molar-refractivity contribution is 0.0900. The molecule has 1 aliphatic rings. The van der Waals surface area contributed by atoms with Crippen molar-refractivity contribution in [2.75, 3.05) is 32.5 Å². The summed E-state index contributed by atoms with van der Waals surface area (Å²) in [7, 11) is 4.23. The topological polar surface area (TPSA) is 44.4 Å². The summed E-state index contributed by atoms with van der Waals surface area (Å²) in [6, 6.07) is 7.67. The normalized spacial score (nSPS) is 17.0. The number of hydrogen-bond donors (Lipinski definition) is 2. The van der Waals surface area contributed by atoms with E-state index in [2.05, 4.69) is 36.6 Å². The summed E-state index contributed by atoms with van der Waals surface area (Å²) in [4.78, 5) is 14.6. The second kappa shape index (κ2) is 6.94. The number of rotatable bonds is 6. The van der Waals surface area contributed by atoms with Gasteiger partial charge in [0.05, 0.1) is 0 Å². The number of benzene rings is 1. The van der Waals surface area contributed by atoms with Gasteiger partial charge in [-0.2, -0.15) is 0 Å². The first-order chi connectivity index (χ1) is 10.1. The van der Waals surface area contributed by atoms with E-state index in [1.165, 1.54) is 25.7 Å². The van der Waals surface area contributed by atoms with E-state index in [1.54, 1.807) is 0 Å². The summed E-state index contributed by atoms with van der Waals surface area (Å²) in [5.74, 6) is 0.0196. The third-order valence-electron chi connectivity index (χ3n) is 4.59. The van der Waals surface area contributed by atoms with Crippen LogP contribution in [0.2, 0.25) is 0 Å². The first-order valence-corrected chi connectivity index (χ1v) is 7.87. The van der Waals surface area contributed by atoms with Crippen molar-refractivity contribution in [3.8, 4) is 0 Å². The van der Waals surface area contributed by atoms with Crippen LogP contribution in [0.5, 0.6) is 0 Å². The van der Waals surface area contributed by atoms with Gasteiger partial charge in [-0.3, -0.25) is 4.79 Å². The molecule has 4 heteroatoms. The van der Waals surface area contributed by atoms with Crippen molar-refractivity contribution in [2.24, 2.45) is 0 Å². The molecule has 0 aliphatic heterocycles. The maximum Gasteiger partial charge on any atom is 0.251 e. The lowest BCUT2D eigenvalue weighted by Gasteiger charge is -2.36. The van der Waals surface area contributed by atoms with E-state index in [4.69, 9.17) is 0 Å². The molecule has 0 unspecified atom stereocenters. The summed E-state index contributed by atoms with van der Waals surface area (Å²) in [5, 5.41) is 6.35. The molecular weight excluding hydrogens is 262 g/mol. The van der Waals surface area contributed by atoms with Crippen LogP contribution < -0.4 is 10.6 Å². The molecule has 2 rings (SSSR count). The van der Waals surface area contributed by atoms with Crippen molar-refractivity contribution in [1.29, 1.82) is 0 Å². The third kappa shape index (κ3) is 3.76. The van der Waals surface area contributed by atoms with Crippen LogP contribution in [-0.2, 0) is 0 Å². The van der Waals surface area contributed by atoms with Gasteiger partial charge in [0.25, 0.3) is 5.91 Å². The number of anilines is 1. The van der Waals surface area contributed by atoms with Crippen molar-refractivity contribution in [1.82, 2.24) is 10.2 Å². The van der Waals surface area contributed by atoms with E-state index in [-0.39, 0.29) is 11.4 Å². The molecule has 1 aromatic rings. The van der Waals surface area contributed by atoms with E-state index in [0.29, 0.717) is 0 Å². The van der Waals surface area contributed by atoms with E-state index in [9.17, 15) is 4.79 Å². The van der Waals surface area contributed by atoms with Crippen molar-refractivity contribution in [3.63, 3.8) is 0 Å². The molecule has 0 atom stereocenters. The van der Waals surface area contributed by atoms with Gasteiger partial charge in [-0.05, 0) is 58.1 Å². The Morgan fingerprint density at radius 2 is 1.81 bits per heavy atom. The fraction of sp³-hybridized carbons (Fsp3) is 0.588. The number of nitrogens with one attached hydrogen (secondary N) is 2. The molecule has 0 heterocycles. The molecule has 21 heavy (non-hydrogen) atoms. The average Bonchev–Trinajstić information content (AvgIpc) is 2.96. The second-order valence-electron chi connectivity index (χ2n) is 6.12. The summed E-state index contributed by atoms with van der Waals surface area (Å²) < 4.78 is 0. The Kier molecular flexibility index (Phi) is 5.23. The maximum absolute atomic E-state index is 12.3. The van der Waals surface area contributed by atoms with Crippen LogP contribution in [-0.4, -0.2) is 43.5 Å². The van der Waals surface area contributed by atoms with Gasteiger partial charge in [-0.15, -0.1) is 0 Å². The second-order valence-corrected chi connectivity index (χ2v) is 6.12. The molecule has 2 N–H and O–H groups in total. The Morgan fingerprint density at radius 3 is 2.33 bits per heavy atom. The van der Waals surface area contributed by atoms with Gasteiger partial charge in [0.1, 0.15) is 0 Å². The lowest BCUT2D eigenvalue weighted by Crippen LogP contribution is -2.50. The third-order valence-corrected chi connectivity index (χ3v) is 4.59. The summed E-state index contributed by atoms with van der Waals surface area (Å²) >= 11 is 0. The Labute approximate surface area is 127 Å².